The lowest BCUT2D eigenvalue weighted by atomic mass is 10.1. The van der Waals surface area contributed by atoms with Crippen molar-refractivity contribution in [2.45, 2.75) is 31.2 Å². The first-order valence-electron chi connectivity index (χ1n) is 13.5. The molecule has 3 aliphatic heterocycles. The molecule has 1 atom stereocenters. The number of nitrogens with one attached hydrogen (secondary N) is 1. The molecule has 1 unspecified atom stereocenters. The number of amides is 2. The molecule has 2 amide bonds. The molecule has 1 N–H and O–H groups in total. The van der Waals surface area contributed by atoms with Crippen LogP contribution in [-0.4, -0.2) is 49.9 Å². The third kappa shape index (κ3) is 5.35. The molecule has 2 aromatic carbocycles. The second-order valence-corrected chi connectivity index (χ2v) is 11.4. The Hall–Kier alpha value is -4.68. The van der Waals surface area contributed by atoms with E-state index in [2.05, 4.69) is 15.3 Å². The summed E-state index contributed by atoms with van der Waals surface area (Å²) in [5.74, 6) is 1.64. The molecule has 11 nitrogen and oxygen atoms in total. The van der Waals surface area contributed by atoms with Crippen LogP contribution in [0.1, 0.15) is 29.7 Å². The molecule has 4 aromatic rings. The van der Waals surface area contributed by atoms with E-state index in [9.17, 15) is 14.4 Å². The molecule has 0 aliphatic carbocycles. The van der Waals surface area contributed by atoms with Crippen LogP contribution < -0.4 is 20.3 Å². The lowest BCUT2D eigenvalue weighted by molar-refractivity contribution is -0.122. The molecule has 13 heteroatoms. The Morgan fingerprint density at radius 1 is 1.05 bits per heavy atom. The summed E-state index contributed by atoms with van der Waals surface area (Å²) < 4.78 is 12.1. The Morgan fingerprint density at radius 2 is 1.91 bits per heavy atom. The number of benzene rings is 2. The van der Waals surface area contributed by atoms with Crippen LogP contribution in [0.25, 0.3) is 5.65 Å². The van der Waals surface area contributed by atoms with E-state index < -0.39 is 6.04 Å². The molecule has 3 aliphatic rings. The van der Waals surface area contributed by atoms with Crippen molar-refractivity contribution in [3.05, 3.63) is 99.1 Å². The Bertz CT molecular complexity index is 1930. The maximum atomic E-state index is 13.2. The summed E-state index contributed by atoms with van der Waals surface area (Å²) in [4.78, 5) is 54.3. The molecule has 0 fully saturated rings. The fourth-order valence-electron chi connectivity index (χ4n) is 5.12. The van der Waals surface area contributed by atoms with Gasteiger partial charge in [-0.3, -0.25) is 23.7 Å². The van der Waals surface area contributed by atoms with Crippen LogP contribution in [0, 0.1) is 0 Å². The number of para-hydroxylation sites is 1. The Kier molecular flexibility index (Phi) is 7.07. The van der Waals surface area contributed by atoms with E-state index in [1.165, 1.54) is 28.4 Å². The van der Waals surface area contributed by atoms with Crippen LogP contribution in [-0.2, 0) is 21.9 Å². The predicted octanol–water partition coefficient (Wildman–Crippen LogP) is 4.07. The lowest BCUT2D eigenvalue weighted by Crippen LogP contribution is -2.44. The summed E-state index contributed by atoms with van der Waals surface area (Å²) in [5, 5.41) is 3.90. The molecule has 0 spiro atoms. The number of hydrogen-bond donors (Lipinski definition) is 1. The van der Waals surface area contributed by atoms with Crippen LogP contribution >= 0.6 is 23.4 Å². The minimum atomic E-state index is -0.691. The van der Waals surface area contributed by atoms with Crippen LogP contribution in [0.5, 0.6) is 11.5 Å². The first kappa shape index (κ1) is 27.2. The van der Waals surface area contributed by atoms with Gasteiger partial charge in [0.05, 0.1) is 16.4 Å². The summed E-state index contributed by atoms with van der Waals surface area (Å²) in [5.41, 5.74) is 3.10. The highest BCUT2D eigenvalue weighted by Crippen LogP contribution is 2.36. The Balaban J connectivity index is 1.07. The van der Waals surface area contributed by atoms with E-state index in [0.29, 0.717) is 56.9 Å². The molecule has 0 saturated carbocycles. The van der Waals surface area contributed by atoms with Crippen LogP contribution in [0.4, 0.5) is 5.69 Å². The van der Waals surface area contributed by atoms with Gasteiger partial charge in [0.15, 0.2) is 16.7 Å². The average Bonchev–Trinajstić information content (AvgIpc) is 3.62. The van der Waals surface area contributed by atoms with Crippen molar-refractivity contribution >= 4 is 57.5 Å². The minimum absolute atomic E-state index is 0.116. The van der Waals surface area contributed by atoms with E-state index in [1.807, 2.05) is 42.5 Å². The highest BCUT2D eigenvalue weighted by Gasteiger charge is 2.41. The summed E-state index contributed by atoms with van der Waals surface area (Å²) in [7, 11) is 0. The van der Waals surface area contributed by atoms with Crippen LogP contribution in [0.3, 0.4) is 0 Å². The largest absolute Gasteiger partial charge is 0.454 e. The number of ether oxygens (including phenoxy) is 2. The van der Waals surface area contributed by atoms with Crippen molar-refractivity contribution in [3.63, 3.8) is 0 Å². The van der Waals surface area contributed by atoms with Gasteiger partial charge in [-0.1, -0.05) is 41.6 Å². The first-order chi connectivity index (χ1) is 20.9. The number of nitrogens with zero attached hydrogens (tertiary/aromatic N) is 5. The normalized spacial score (nSPS) is 16.5. The number of amidine groups is 2. The molecule has 7 rings (SSSR count). The molecule has 0 saturated heterocycles. The van der Waals surface area contributed by atoms with Gasteiger partial charge in [0.2, 0.25) is 12.7 Å². The van der Waals surface area contributed by atoms with Gasteiger partial charge < -0.3 is 14.8 Å². The number of halogens is 1. The highest BCUT2D eigenvalue weighted by atomic mass is 35.5. The molecule has 2 aromatic heterocycles. The zero-order valence-corrected chi connectivity index (χ0v) is 24.1. The van der Waals surface area contributed by atoms with Crippen LogP contribution in [0.15, 0.2) is 81.6 Å². The lowest BCUT2D eigenvalue weighted by Gasteiger charge is -2.31. The maximum absolute atomic E-state index is 13.2. The number of rotatable bonds is 7. The topological polar surface area (TPSA) is 127 Å². The summed E-state index contributed by atoms with van der Waals surface area (Å²) in [6.07, 6.45) is 1.89. The highest BCUT2D eigenvalue weighted by molar-refractivity contribution is 8.13. The number of pyridine rings is 1. The first-order valence-corrected chi connectivity index (χ1v) is 14.8. The van der Waals surface area contributed by atoms with E-state index in [4.69, 9.17) is 26.1 Å². The van der Waals surface area contributed by atoms with E-state index in [1.54, 1.807) is 17.0 Å². The Labute approximate surface area is 254 Å². The van der Waals surface area contributed by atoms with Crippen molar-refractivity contribution in [2.75, 3.05) is 6.79 Å². The van der Waals surface area contributed by atoms with Crippen molar-refractivity contribution in [3.8, 4) is 11.5 Å². The molecular formula is C30H23ClN6O5S. The van der Waals surface area contributed by atoms with Crippen molar-refractivity contribution in [1.82, 2.24) is 19.6 Å². The van der Waals surface area contributed by atoms with Gasteiger partial charge in [0, 0.05) is 36.5 Å². The number of carbonyl (C=O) groups is 2. The molecule has 5 heterocycles. The molecule has 0 radical (unpaired) electrons. The number of aliphatic imine (C=N–C) groups is 2. The van der Waals surface area contributed by atoms with Crippen molar-refractivity contribution in [1.29, 1.82) is 0 Å². The molecule has 43 heavy (non-hydrogen) atoms. The summed E-state index contributed by atoms with van der Waals surface area (Å²) >= 11 is 7.39. The average molecular weight is 615 g/mol. The predicted molar refractivity (Wildman–Crippen MR) is 162 cm³/mol. The summed E-state index contributed by atoms with van der Waals surface area (Å²) in [6, 6.07) is 17.1. The molecule has 0 bridgehead atoms. The fraction of sp³-hybridized carbons (Fsp3) is 0.200. The van der Waals surface area contributed by atoms with Gasteiger partial charge in [-0.05, 0) is 48.4 Å². The number of thioether (sulfide) groups is 1. The minimum Gasteiger partial charge on any atom is -0.454 e. The zero-order valence-electron chi connectivity index (χ0n) is 22.5. The van der Waals surface area contributed by atoms with Gasteiger partial charge >= 0.3 is 0 Å². The van der Waals surface area contributed by atoms with Gasteiger partial charge in [-0.2, -0.15) is 4.99 Å². The maximum Gasteiger partial charge on any atom is 0.270 e. The molecule has 216 valence electrons. The SMILES string of the molecule is O=C(CCC1C(=O)N=C2c3ccccc3N=C(SCc3cc(=O)n4cc(Cl)ccc4n3)N21)NCc1ccc2c(c1)OCO2. The standard InChI is InChI=1S/C30H23ClN6O5S/c31-18-6-9-25-33-19(12-27(39)36(25)14-18)15-43-30-34-21-4-2-1-3-20(21)28-35-29(40)22(37(28)30)7-10-26(38)32-13-17-5-8-23-24(11-17)42-16-41-23/h1-6,8-9,11-12,14,22H,7,10,13,15-16H2,(H,32,38). The third-order valence-electron chi connectivity index (χ3n) is 7.21. The quantitative estimate of drug-likeness (QED) is 0.330. The fourth-order valence-corrected chi connectivity index (χ4v) is 6.22. The monoisotopic (exact) mass is 614 g/mol. The van der Waals surface area contributed by atoms with Gasteiger partial charge in [0.25, 0.3) is 11.5 Å². The van der Waals surface area contributed by atoms with Crippen LogP contribution in [0.2, 0.25) is 5.02 Å². The van der Waals surface area contributed by atoms with Gasteiger partial charge in [0.1, 0.15) is 17.5 Å². The van der Waals surface area contributed by atoms with E-state index in [0.717, 1.165) is 11.1 Å². The number of carbonyl (C=O) groups excluding carboxylic acids is 2. The van der Waals surface area contributed by atoms with Gasteiger partial charge in [-0.15, -0.1) is 0 Å². The van der Waals surface area contributed by atoms with Crippen molar-refractivity contribution < 1.29 is 19.1 Å². The number of aromatic nitrogens is 2. The second kappa shape index (κ2) is 11.2. The smallest absolute Gasteiger partial charge is 0.270 e. The van der Waals surface area contributed by atoms with Crippen molar-refractivity contribution in [2.24, 2.45) is 9.98 Å². The zero-order chi connectivity index (χ0) is 29.5. The summed E-state index contributed by atoms with van der Waals surface area (Å²) in [6.45, 7) is 0.502. The Morgan fingerprint density at radius 3 is 2.81 bits per heavy atom. The number of fused-ring (bicyclic) bond motifs is 5. The van der Waals surface area contributed by atoms with E-state index >= 15 is 0 Å². The van der Waals surface area contributed by atoms with Gasteiger partial charge in [-0.25, -0.2) is 9.98 Å². The molecular weight excluding hydrogens is 592 g/mol. The second-order valence-electron chi connectivity index (χ2n) is 10.0. The number of hydrogen-bond acceptors (Lipinski definition) is 9. The third-order valence-corrected chi connectivity index (χ3v) is 8.42. The van der Waals surface area contributed by atoms with E-state index in [-0.39, 0.29) is 37.0 Å².